The number of rotatable bonds is 5. The van der Waals surface area contributed by atoms with Crippen molar-refractivity contribution in [2.24, 2.45) is 0 Å². The number of likely N-dealkylation sites (N-methyl/N-ethyl adjacent to an activating group) is 1. The molecule has 17 heavy (non-hydrogen) atoms. The Balaban J connectivity index is 2.81. The van der Waals surface area contributed by atoms with E-state index in [9.17, 15) is 9.59 Å². The van der Waals surface area contributed by atoms with E-state index in [1.807, 2.05) is 19.9 Å². The largest absolute Gasteiger partial charge is 0.339 e. The molecule has 1 rings (SSSR count). The van der Waals surface area contributed by atoms with E-state index in [0.29, 0.717) is 18.8 Å². The third-order valence-electron chi connectivity index (χ3n) is 2.52. The van der Waals surface area contributed by atoms with Crippen molar-refractivity contribution < 1.29 is 9.59 Å². The van der Waals surface area contributed by atoms with E-state index < -0.39 is 0 Å². The summed E-state index contributed by atoms with van der Waals surface area (Å²) in [5, 5.41) is 0. The highest BCUT2D eigenvalue weighted by Gasteiger charge is 2.17. The van der Waals surface area contributed by atoms with Crippen LogP contribution in [0.1, 0.15) is 19.5 Å². The predicted molar refractivity (Wildman–Crippen MR) is 65.1 cm³/mol. The third kappa shape index (κ3) is 3.54. The molecule has 0 spiro atoms. The zero-order chi connectivity index (χ0) is 12.7. The Morgan fingerprint density at radius 3 is 2.53 bits per heavy atom. The van der Waals surface area contributed by atoms with Crippen molar-refractivity contribution in [3.8, 4) is 0 Å². The summed E-state index contributed by atoms with van der Waals surface area (Å²) in [7, 11) is 0. The zero-order valence-electron chi connectivity index (χ0n) is 10.1. The molecule has 1 aromatic heterocycles. The minimum atomic E-state index is -0.254. The number of nitrogens with zero attached hydrogens (tertiary/aromatic N) is 2. The van der Waals surface area contributed by atoms with Crippen molar-refractivity contribution in [3.63, 3.8) is 0 Å². The second-order valence-corrected chi connectivity index (χ2v) is 3.56. The van der Waals surface area contributed by atoms with Crippen LogP contribution in [-0.4, -0.2) is 34.8 Å². The van der Waals surface area contributed by atoms with Crippen LogP contribution in [0.25, 0.3) is 0 Å². The summed E-state index contributed by atoms with van der Waals surface area (Å²) in [4.78, 5) is 28.5. The van der Waals surface area contributed by atoms with Gasteiger partial charge in [-0.1, -0.05) is 6.07 Å². The van der Waals surface area contributed by atoms with E-state index >= 15 is 0 Å². The van der Waals surface area contributed by atoms with Crippen molar-refractivity contribution in [1.82, 2.24) is 9.88 Å². The van der Waals surface area contributed by atoms with Gasteiger partial charge in [0.15, 0.2) is 0 Å². The monoisotopic (exact) mass is 232 g/mol. The first-order valence-corrected chi connectivity index (χ1v) is 5.66. The average molecular weight is 232 g/mol. The number of carbonyl (C=O) groups is 1. The number of amides is 1. The number of hydrogen-bond donors (Lipinski definition) is 0. The molecule has 0 radical (unpaired) electrons. The fraction of sp³-hybridized carbons (Fsp3) is 0.385. The molecule has 0 aliphatic carbocycles. The molecule has 4 nitrogen and oxygen atoms in total. The van der Waals surface area contributed by atoms with Crippen molar-refractivity contribution in [2.45, 2.75) is 20.3 Å². The van der Waals surface area contributed by atoms with Crippen LogP contribution in [0.4, 0.5) is 0 Å². The first kappa shape index (κ1) is 13.1. The standard InChI is InChI=1S/C13H16N2O2/c1-3-15(4-2)13(17)11(10-16)9-12-7-5-6-8-14-12/h5-8H,3-4,9H2,1-2H3. The smallest absolute Gasteiger partial charge is 0.261 e. The van der Waals surface area contributed by atoms with Crippen LogP contribution in [0.2, 0.25) is 0 Å². The van der Waals surface area contributed by atoms with Crippen LogP contribution in [0.5, 0.6) is 0 Å². The molecule has 1 aromatic rings. The van der Waals surface area contributed by atoms with Crippen molar-refractivity contribution in [2.75, 3.05) is 13.1 Å². The van der Waals surface area contributed by atoms with E-state index in [2.05, 4.69) is 4.98 Å². The summed E-state index contributed by atoms with van der Waals surface area (Å²) in [6.45, 7) is 4.93. The van der Waals surface area contributed by atoms with Crippen molar-refractivity contribution in [1.29, 1.82) is 0 Å². The molecule has 0 saturated carbocycles. The van der Waals surface area contributed by atoms with E-state index in [1.165, 1.54) is 0 Å². The van der Waals surface area contributed by atoms with Gasteiger partial charge in [0.1, 0.15) is 11.5 Å². The van der Waals surface area contributed by atoms with Gasteiger partial charge in [0, 0.05) is 31.4 Å². The summed E-state index contributed by atoms with van der Waals surface area (Å²) in [6.07, 6.45) is 1.87. The Morgan fingerprint density at radius 1 is 1.35 bits per heavy atom. The Labute approximate surface area is 101 Å². The molecule has 0 aliphatic heterocycles. The Kier molecular flexibility index (Phi) is 5.11. The maximum absolute atomic E-state index is 11.9. The summed E-state index contributed by atoms with van der Waals surface area (Å²) in [5.74, 6) is 1.48. The van der Waals surface area contributed by atoms with Gasteiger partial charge < -0.3 is 4.90 Å². The highest BCUT2D eigenvalue weighted by molar-refractivity contribution is 6.00. The number of pyridine rings is 1. The van der Waals surface area contributed by atoms with Gasteiger partial charge in [-0.25, -0.2) is 4.79 Å². The molecule has 90 valence electrons. The highest BCUT2D eigenvalue weighted by atomic mass is 16.2. The van der Waals surface area contributed by atoms with Crippen LogP contribution in [0, 0.1) is 0 Å². The van der Waals surface area contributed by atoms with Gasteiger partial charge in [0.05, 0.1) is 0 Å². The molecule has 0 unspecified atom stereocenters. The third-order valence-corrected chi connectivity index (χ3v) is 2.52. The van der Waals surface area contributed by atoms with Crippen LogP contribution >= 0.6 is 0 Å². The summed E-state index contributed by atoms with van der Waals surface area (Å²) >= 11 is 0. The van der Waals surface area contributed by atoms with Gasteiger partial charge >= 0.3 is 0 Å². The first-order chi connectivity index (χ1) is 8.22. The number of hydrogen-bond acceptors (Lipinski definition) is 3. The fourth-order valence-electron chi connectivity index (χ4n) is 1.54. The Bertz CT molecular complexity index is 418. The van der Waals surface area contributed by atoms with Gasteiger partial charge in [0.25, 0.3) is 5.91 Å². The molecule has 0 aliphatic rings. The van der Waals surface area contributed by atoms with Crippen molar-refractivity contribution >= 4 is 11.8 Å². The maximum atomic E-state index is 11.9. The molecule has 0 bridgehead atoms. The lowest BCUT2D eigenvalue weighted by atomic mass is 10.1. The number of aromatic nitrogens is 1. The van der Waals surface area contributed by atoms with E-state index in [1.54, 1.807) is 29.2 Å². The molecular weight excluding hydrogens is 216 g/mol. The topological polar surface area (TPSA) is 50.3 Å². The molecule has 0 fully saturated rings. The van der Waals surface area contributed by atoms with Crippen LogP contribution in [-0.2, 0) is 16.0 Å². The van der Waals surface area contributed by atoms with Gasteiger partial charge in [-0.2, -0.15) is 0 Å². The van der Waals surface area contributed by atoms with E-state index in [4.69, 9.17) is 0 Å². The first-order valence-electron chi connectivity index (χ1n) is 5.66. The Hall–Kier alpha value is -1.93. The lowest BCUT2D eigenvalue weighted by Crippen LogP contribution is -2.32. The molecule has 1 heterocycles. The molecule has 0 atom stereocenters. The zero-order valence-corrected chi connectivity index (χ0v) is 10.1. The van der Waals surface area contributed by atoms with Crippen molar-refractivity contribution in [3.05, 3.63) is 35.7 Å². The summed E-state index contributed by atoms with van der Waals surface area (Å²) in [6, 6.07) is 5.40. The fourth-order valence-corrected chi connectivity index (χ4v) is 1.54. The van der Waals surface area contributed by atoms with Gasteiger partial charge in [-0.05, 0) is 26.0 Å². The van der Waals surface area contributed by atoms with Crippen LogP contribution in [0.15, 0.2) is 30.0 Å². The summed E-state index contributed by atoms with van der Waals surface area (Å²) in [5.41, 5.74) is 0.832. The molecule has 4 heteroatoms. The molecule has 0 saturated heterocycles. The van der Waals surface area contributed by atoms with Gasteiger partial charge in [-0.15, -0.1) is 0 Å². The molecular formula is C13H16N2O2. The minimum absolute atomic E-state index is 0.132. The SMILES string of the molecule is CCN(CC)C(=O)C(=C=O)Cc1ccccn1. The lowest BCUT2D eigenvalue weighted by molar-refractivity contribution is -0.126. The second-order valence-electron chi connectivity index (χ2n) is 3.56. The van der Waals surface area contributed by atoms with E-state index in [0.717, 1.165) is 0 Å². The van der Waals surface area contributed by atoms with Gasteiger partial charge in [0.2, 0.25) is 0 Å². The summed E-state index contributed by atoms with van der Waals surface area (Å²) < 4.78 is 0. The Morgan fingerprint density at radius 2 is 2.06 bits per heavy atom. The average Bonchev–Trinajstić information content (AvgIpc) is 2.38. The van der Waals surface area contributed by atoms with Crippen LogP contribution in [0.3, 0.4) is 0 Å². The quantitative estimate of drug-likeness (QED) is 0.567. The molecule has 0 aromatic carbocycles. The lowest BCUT2D eigenvalue weighted by Gasteiger charge is -2.18. The molecule has 1 amide bonds. The van der Waals surface area contributed by atoms with E-state index in [-0.39, 0.29) is 17.9 Å². The molecule has 0 N–H and O–H groups in total. The highest BCUT2D eigenvalue weighted by Crippen LogP contribution is 2.06. The normalized spacial score (nSPS) is 9.53. The predicted octanol–water partition coefficient (Wildman–Crippen LogP) is 1.25. The van der Waals surface area contributed by atoms with Gasteiger partial charge in [-0.3, -0.25) is 9.78 Å². The number of carbonyl (C=O) groups excluding carboxylic acids is 2. The maximum Gasteiger partial charge on any atom is 0.261 e. The second kappa shape index (κ2) is 6.61. The van der Waals surface area contributed by atoms with Crippen LogP contribution < -0.4 is 0 Å². The minimum Gasteiger partial charge on any atom is -0.339 e.